The van der Waals surface area contributed by atoms with Gasteiger partial charge in [0.05, 0.1) is 11.6 Å². The molecule has 2 aromatic carbocycles. The number of nitriles is 1. The SMILES string of the molecule is N#Cc1ccc(C(O)(O)NC(=O)c2cc(C(=O)NCc3ccc(F)cc3)ncn2)cc1. The van der Waals surface area contributed by atoms with E-state index in [1.54, 1.807) is 0 Å². The molecule has 0 aliphatic heterocycles. The van der Waals surface area contributed by atoms with E-state index < -0.39 is 23.5 Å². The standard InChI is InChI=1S/C21H16FN5O4/c22-16-7-3-14(4-8-16)11-24-19(28)17-9-18(26-12-25-17)20(29)27-21(30,31)15-5-1-13(10-23)2-6-15/h1-9,12,30-31H,11H2,(H,24,28)(H,27,29). The minimum atomic E-state index is -2.74. The Morgan fingerprint density at radius 3 is 2.23 bits per heavy atom. The Labute approximate surface area is 175 Å². The number of amides is 2. The van der Waals surface area contributed by atoms with Crippen molar-refractivity contribution >= 4 is 11.8 Å². The molecular formula is C21H16FN5O4. The van der Waals surface area contributed by atoms with Gasteiger partial charge >= 0.3 is 0 Å². The summed E-state index contributed by atoms with van der Waals surface area (Å²) >= 11 is 0. The summed E-state index contributed by atoms with van der Waals surface area (Å²) in [5, 5.41) is 33.7. The van der Waals surface area contributed by atoms with Gasteiger partial charge in [0, 0.05) is 18.2 Å². The lowest BCUT2D eigenvalue weighted by molar-refractivity contribution is -0.185. The highest BCUT2D eigenvalue weighted by atomic mass is 19.1. The van der Waals surface area contributed by atoms with Gasteiger partial charge < -0.3 is 15.5 Å². The molecule has 0 saturated carbocycles. The van der Waals surface area contributed by atoms with Crippen molar-refractivity contribution in [3.05, 3.63) is 94.8 Å². The van der Waals surface area contributed by atoms with Crippen molar-refractivity contribution in [2.24, 2.45) is 0 Å². The maximum Gasteiger partial charge on any atom is 0.275 e. The van der Waals surface area contributed by atoms with Gasteiger partial charge in [0.25, 0.3) is 17.7 Å². The first-order chi connectivity index (χ1) is 14.8. The van der Waals surface area contributed by atoms with Crippen LogP contribution in [0.5, 0.6) is 0 Å². The van der Waals surface area contributed by atoms with Crippen LogP contribution in [0.15, 0.2) is 60.9 Å². The lowest BCUT2D eigenvalue weighted by Gasteiger charge is -2.23. The molecule has 3 rings (SSSR count). The number of hydrogen-bond acceptors (Lipinski definition) is 7. The molecule has 31 heavy (non-hydrogen) atoms. The van der Waals surface area contributed by atoms with Gasteiger partial charge in [-0.25, -0.2) is 14.4 Å². The van der Waals surface area contributed by atoms with E-state index in [0.29, 0.717) is 11.1 Å². The number of hydrogen-bond donors (Lipinski definition) is 4. The minimum Gasteiger partial charge on any atom is -0.347 e. The lowest BCUT2D eigenvalue weighted by atomic mass is 10.1. The van der Waals surface area contributed by atoms with Crippen LogP contribution in [0.2, 0.25) is 0 Å². The van der Waals surface area contributed by atoms with Crippen molar-refractivity contribution in [2.75, 3.05) is 0 Å². The van der Waals surface area contributed by atoms with Crippen LogP contribution < -0.4 is 10.6 Å². The number of carbonyl (C=O) groups excluding carboxylic acids is 2. The zero-order chi connectivity index (χ0) is 22.4. The lowest BCUT2D eigenvalue weighted by Crippen LogP contribution is -2.46. The van der Waals surface area contributed by atoms with Crippen LogP contribution >= 0.6 is 0 Å². The molecule has 0 unspecified atom stereocenters. The second kappa shape index (κ2) is 9.08. The number of aliphatic hydroxyl groups is 2. The molecule has 1 aromatic heterocycles. The first-order valence-electron chi connectivity index (χ1n) is 8.91. The van der Waals surface area contributed by atoms with Crippen molar-refractivity contribution in [3.8, 4) is 6.07 Å². The molecule has 3 aromatic rings. The van der Waals surface area contributed by atoms with E-state index in [-0.39, 0.29) is 23.5 Å². The van der Waals surface area contributed by atoms with E-state index in [1.165, 1.54) is 48.5 Å². The number of aromatic nitrogens is 2. The molecule has 0 spiro atoms. The molecule has 0 radical (unpaired) electrons. The fraction of sp³-hybridized carbons (Fsp3) is 0.0952. The van der Waals surface area contributed by atoms with Gasteiger partial charge in [0.2, 0.25) is 0 Å². The zero-order valence-corrected chi connectivity index (χ0v) is 15.9. The van der Waals surface area contributed by atoms with Crippen molar-refractivity contribution in [1.29, 1.82) is 5.26 Å². The van der Waals surface area contributed by atoms with Crippen LogP contribution in [0.1, 0.15) is 37.7 Å². The van der Waals surface area contributed by atoms with E-state index >= 15 is 0 Å². The third kappa shape index (κ3) is 5.45. The molecule has 0 saturated heterocycles. The predicted molar refractivity (Wildman–Crippen MR) is 104 cm³/mol. The van der Waals surface area contributed by atoms with Crippen LogP contribution in [0.4, 0.5) is 4.39 Å². The summed E-state index contributed by atoms with van der Waals surface area (Å²) in [6, 6.07) is 13.8. The van der Waals surface area contributed by atoms with Gasteiger partial charge in [-0.15, -0.1) is 0 Å². The van der Waals surface area contributed by atoms with Gasteiger partial charge in [-0.2, -0.15) is 5.26 Å². The first kappa shape index (κ1) is 21.5. The zero-order valence-electron chi connectivity index (χ0n) is 15.9. The van der Waals surface area contributed by atoms with Crippen molar-refractivity contribution in [1.82, 2.24) is 20.6 Å². The van der Waals surface area contributed by atoms with Gasteiger partial charge in [-0.1, -0.05) is 24.3 Å². The van der Waals surface area contributed by atoms with E-state index in [2.05, 4.69) is 15.3 Å². The Balaban J connectivity index is 1.68. The Morgan fingerprint density at radius 1 is 1.00 bits per heavy atom. The molecule has 1 heterocycles. The normalized spacial score (nSPS) is 10.8. The Morgan fingerprint density at radius 2 is 1.61 bits per heavy atom. The Bertz CT molecular complexity index is 1140. The fourth-order valence-corrected chi connectivity index (χ4v) is 2.55. The quantitative estimate of drug-likeness (QED) is 0.433. The van der Waals surface area contributed by atoms with Crippen LogP contribution in [-0.4, -0.2) is 32.0 Å². The number of nitrogens with zero attached hydrogens (tertiary/aromatic N) is 3. The molecular weight excluding hydrogens is 405 g/mol. The summed E-state index contributed by atoms with van der Waals surface area (Å²) in [6.07, 6.45) is 0.986. The molecule has 10 heteroatoms. The van der Waals surface area contributed by atoms with Gasteiger partial charge in [-0.3, -0.25) is 14.9 Å². The highest BCUT2D eigenvalue weighted by Crippen LogP contribution is 2.16. The van der Waals surface area contributed by atoms with Gasteiger partial charge in [0.1, 0.15) is 23.5 Å². The summed E-state index contributed by atoms with van der Waals surface area (Å²) in [5.74, 6) is -4.70. The summed E-state index contributed by atoms with van der Waals surface area (Å²) in [4.78, 5) is 32.2. The van der Waals surface area contributed by atoms with Crippen LogP contribution in [0.25, 0.3) is 0 Å². The number of benzene rings is 2. The van der Waals surface area contributed by atoms with Crippen molar-refractivity contribution < 1.29 is 24.2 Å². The molecule has 0 aliphatic carbocycles. The Hall–Kier alpha value is -4.20. The van der Waals surface area contributed by atoms with E-state index in [1.807, 2.05) is 11.4 Å². The topological polar surface area (TPSA) is 148 Å². The van der Waals surface area contributed by atoms with Crippen molar-refractivity contribution in [3.63, 3.8) is 0 Å². The van der Waals surface area contributed by atoms with Crippen molar-refractivity contribution in [2.45, 2.75) is 12.5 Å². The monoisotopic (exact) mass is 421 g/mol. The summed E-state index contributed by atoms with van der Waals surface area (Å²) in [6.45, 7) is 0.111. The van der Waals surface area contributed by atoms with Crippen LogP contribution in [0.3, 0.4) is 0 Å². The molecule has 156 valence electrons. The molecule has 4 N–H and O–H groups in total. The summed E-state index contributed by atoms with van der Waals surface area (Å²) < 4.78 is 12.9. The van der Waals surface area contributed by atoms with E-state index in [9.17, 15) is 24.2 Å². The third-order valence-electron chi connectivity index (χ3n) is 4.20. The minimum absolute atomic E-state index is 0.0776. The molecule has 2 amide bonds. The average molecular weight is 421 g/mol. The smallest absolute Gasteiger partial charge is 0.275 e. The summed E-state index contributed by atoms with van der Waals surface area (Å²) in [7, 11) is 0. The number of halogens is 1. The molecule has 9 nitrogen and oxygen atoms in total. The highest BCUT2D eigenvalue weighted by molar-refractivity contribution is 5.97. The van der Waals surface area contributed by atoms with Gasteiger partial charge in [-0.05, 0) is 29.8 Å². The largest absolute Gasteiger partial charge is 0.347 e. The molecule has 0 atom stereocenters. The number of nitrogens with one attached hydrogen (secondary N) is 2. The Kier molecular flexibility index (Phi) is 6.30. The van der Waals surface area contributed by atoms with Crippen LogP contribution in [-0.2, 0) is 12.5 Å². The maximum atomic E-state index is 12.9. The number of carbonyl (C=O) groups is 2. The second-order valence-electron chi connectivity index (χ2n) is 6.41. The van der Waals surface area contributed by atoms with E-state index in [4.69, 9.17) is 5.26 Å². The fourth-order valence-electron chi connectivity index (χ4n) is 2.55. The molecule has 0 aliphatic rings. The first-order valence-corrected chi connectivity index (χ1v) is 8.91. The number of rotatable bonds is 6. The third-order valence-corrected chi connectivity index (χ3v) is 4.20. The summed E-state index contributed by atoms with van der Waals surface area (Å²) in [5.41, 5.74) is 0.490. The second-order valence-corrected chi connectivity index (χ2v) is 6.41. The maximum absolute atomic E-state index is 12.9. The highest BCUT2D eigenvalue weighted by Gasteiger charge is 2.29. The average Bonchev–Trinajstić information content (AvgIpc) is 2.78. The van der Waals surface area contributed by atoms with Crippen LogP contribution in [0, 0.1) is 17.1 Å². The molecule has 0 fully saturated rings. The van der Waals surface area contributed by atoms with Gasteiger partial charge in [0.15, 0.2) is 0 Å². The molecule has 0 bridgehead atoms. The predicted octanol–water partition coefficient (Wildman–Crippen LogP) is 0.942. The van der Waals surface area contributed by atoms with E-state index in [0.717, 1.165) is 12.4 Å².